The van der Waals surface area contributed by atoms with Gasteiger partial charge in [0.1, 0.15) is 0 Å². The fraction of sp³-hybridized carbons (Fsp3) is 0. The molecule has 0 atom stereocenters. The van der Waals surface area contributed by atoms with Crippen LogP contribution in [0.4, 0.5) is 0 Å². The molecule has 0 fully saturated rings. The second-order valence-electron chi connectivity index (χ2n) is 0.0913. The van der Waals surface area contributed by atoms with E-state index in [0.717, 1.165) is 0 Å². The van der Waals surface area contributed by atoms with Gasteiger partial charge in [0.15, 0.2) is 0 Å². The molecule has 2 nitrogen and oxygen atoms in total. The van der Waals surface area contributed by atoms with Crippen LogP contribution in [0.15, 0.2) is 0 Å². The van der Waals surface area contributed by atoms with E-state index in [1.165, 1.54) is 0 Å². The average Bonchev–Trinajstić information content (AvgIpc) is 0.918. The average molecular weight is 306 g/mol. The normalized spacial score (nSPS) is 1.40. The van der Waals surface area contributed by atoms with E-state index in [1.807, 2.05) is 0 Å². The minimum atomic E-state index is 0. The Morgan fingerprint density at radius 2 is 1.60 bits per heavy atom. The zero-order chi connectivity index (χ0) is 2.71. The van der Waals surface area contributed by atoms with Crippen LogP contribution in [-0.4, -0.2) is 48.9 Å². The molecule has 0 aliphatic heterocycles. The maximum Gasteiger partial charge on any atom is 2.00 e. The number of hydrogen-bond donors (Lipinski definition) is 0. The Balaban J connectivity index is -0.0000000200. The summed E-state index contributed by atoms with van der Waals surface area (Å²) in [4.78, 5) is 0. The largest absolute Gasteiger partial charge is 2.00 e. The van der Waals surface area contributed by atoms with E-state index in [1.54, 1.807) is 0 Å². The summed E-state index contributed by atoms with van der Waals surface area (Å²) >= 11 is 0. The molecule has 0 aromatic carbocycles. The molecule has 5 heavy (non-hydrogen) atoms. The molecule has 0 radical (unpaired) electrons. The molecule has 0 rings (SSSR count). The van der Waals surface area contributed by atoms with Gasteiger partial charge in [-0.1, -0.05) is 0 Å². The van der Waals surface area contributed by atoms with Crippen LogP contribution in [0.25, 0.3) is 0 Å². The second-order valence-corrected chi connectivity index (χ2v) is 0.0913. The van der Waals surface area contributed by atoms with E-state index in [4.69, 9.17) is 10.4 Å². The monoisotopic (exact) mass is 307 g/mol. The molecule has 0 bridgehead atoms. The molecule has 0 spiro atoms. The molecule has 4 heteroatoms. The summed E-state index contributed by atoms with van der Waals surface area (Å²) in [5.41, 5.74) is 0. The molecule has 0 aromatic rings. The van der Waals surface area contributed by atoms with Gasteiger partial charge in [-0.3, -0.25) is 0 Å². The minimum Gasteiger partial charge on any atom is -1.00 e. The van der Waals surface area contributed by atoms with Gasteiger partial charge < -0.3 is 29.1 Å². The van der Waals surface area contributed by atoms with E-state index >= 15 is 0 Å². The van der Waals surface area contributed by atoms with Gasteiger partial charge >= 0.3 is 48.9 Å². The summed E-state index contributed by atoms with van der Waals surface area (Å²) in [5, 5.41) is 15.0. The first kappa shape index (κ1) is 16.0. The summed E-state index contributed by atoms with van der Waals surface area (Å²) in [6.45, 7) is 0. The predicted octanol–water partition coefficient (Wildman–Crippen LogP) is -4.55. The molecule has 0 saturated carbocycles. The summed E-state index contributed by atoms with van der Waals surface area (Å²) < 4.78 is 0. The van der Waals surface area contributed by atoms with Gasteiger partial charge in [0.2, 0.25) is 0 Å². The van der Waals surface area contributed by atoms with Crippen molar-refractivity contribution < 1.29 is 29.1 Å². The van der Waals surface area contributed by atoms with Crippen LogP contribution in [0.3, 0.4) is 0 Å². The van der Waals surface area contributed by atoms with Crippen LogP contribution in [0.1, 0.15) is 0 Å². The molecule has 0 aliphatic rings. The zero-order valence-electron chi connectivity index (χ0n) is 2.44. The Bertz CT molecular complexity index is 33.1. The molecule has 0 aromatic heterocycles. The molecule has 0 unspecified atom stereocenters. The Kier molecular flexibility index (Phi) is 56.1. The van der Waals surface area contributed by atoms with E-state index in [9.17, 15) is 0 Å². The first-order chi connectivity index (χ1) is 1.41. The first-order valence-corrected chi connectivity index (χ1v) is 0.428. The van der Waals surface area contributed by atoms with Crippen LogP contribution in [0.2, 0.25) is 0 Å². The van der Waals surface area contributed by atoms with Crippen molar-refractivity contribution in [2.45, 2.75) is 0 Å². The van der Waals surface area contributed by atoms with Crippen molar-refractivity contribution in [1.82, 2.24) is 0 Å². The van der Waals surface area contributed by atoms with Gasteiger partial charge in [0, 0.05) is 6.26 Å². The topological polar surface area (TPSA) is 46.8 Å². The van der Waals surface area contributed by atoms with E-state index < -0.39 is 0 Å². The second kappa shape index (κ2) is 17.6. The summed E-state index contributed by atoms with van der Waals surface area (Å²) in [5.74, 6) is 0. The molecule has 24 valence electrons. The van der Waals surface area contributed by atoms with Crippen LogP contribution < -0.4 is 29.1 Å². The molecule has 0 aliphatic carbocycles. The van der Waals surface area contributed by atoms with Crippen molar-refractivity contribution in [3.63, 3.8) is 0 Å². The van der Waals surface area contributed by atoms with Crippen molar-refractivity contribution in [1.29, 1.82) is 5.26 Å². The Labute approximate surface area is 87.6 Å². The van der Waals surface area contributed by atoms with Gasteiger partial charge in [-0.2, -0.15) is 0 Å². The van der Waals surface area contributed by atoms with Crippen LogP contribution in [0.5, 0.6) is 0 Å². The number of rotatable bonds is 0. The third-order valence-electron chi connectivity index (χ3n) is 0. The minimum absolute atomic E-state index is 0. The fourth-order valence-corrected chi connectivity index (χ4v) is 0. The van der Waals surface area contributed by atoms with Crippen molar-refractivity contribution in [3.8, 4) is 6.26 Å². The quantitative estimate of drug-likeness (QED) is 0.257. The molecule has 0 N–H and O–H groups in total. The van der Waals surface area contributed by atoms with Gasteiger partial charge in [0.25, 0.3) is 0 Å². The molecule has 0 amide bonds. The third-order valence-corrected chi connectivity index (χ3v) is 0. The summed E-state index contributed by atoms with van der Waals surface area (Å²) in [6.07, 6.45) is 0.500. The third kappa shape index (κ3) is 28.5. The zero-order valence-corrected chi connectivity index (χ0v) is 9.04. The van der Waals surface area contributed by atoms with Crippen LogP contribution in [-0.2, 0) is 0 Å². The number of hydrogen-bond acceptors (Lipinski definition) is 2. The maximum atomic E-state index is 8.24. The maximum absolute atomic E-state index is 8.24. The predicted molar refractivity (Wildman–Crippen MR) is 11.4 cm³/mol. The van der Waals surface area contributed by atoms with E-state index in [-0.39, 0.29) is 72.9 Å². The van der Waals surface area contributed by atoms with Crippen molar-refractivity contribution >= 4 is 48.9 Å². The molecular formula is CBaINO. The van der Waals surface area contributed by atoms with Gasteiger partial charge in [-0.15, -0.1) is 0 Å². The number of halogens is 1. The Morgan fingerprint density at radius 1 is 1.60 bits per heavy atom. The van der Waals surface area contributed by atoms with Gasteiger partial charge in [0.05, 0.1) is 0 Å². The van der Waals surface area contributed by atoms with Crippen molar-refractivity contribution in [2.24, 2.45) is 0 Å². The Morgan fingerprint density at radius 3 is 1.60 bits per heavy atom. The Hall–Kier alpha value is 1.59. The summed E-state index contributed by atoms with van der Waals surface area (Å²) in [7, 11) is 0. The smallest absolute Gasteiger partial charge is 1.00 e. The van der Waals surface area contributed by atoms with Crippen molar-refractivity contribution in [3.05, 3.63) is 0 Å². The summed E-state index contributed by atoms with van der Waals surface area (Å²) in [6, 6.07) is 0. The van der Waals surface area contributed by atoms with Crippen LogP contribution >= 0.6 is 0 Å². The molecule has 0 saturated heterocycles. The van der Waals surface area contributed by atoms with Gasteiger partial charge in [-0.25, -0.2) is 5.26 Å². The molecule has 0 heterocycles. The molecular weight excluding hydrogens is 306 g/mol. The van der Waals surface area contributed by atoms with Crippen LogP contribution in [0, 0.1) is 11.5 Å². The van der Waals surface area contributed by atoms with Gasteiger partial charge in [-0.05, 0) is 0 Å². The first-order valence-electron chi connectivity index (χ1n) is 0.428. The fourth-order valence-electron chi connectivity index (χ4n) is 0. The van der Waals surface area contributed by atoms with Crippen molar-refractivity contribution in [2.75, 3.05) is 0 Å². The standard InChI is InChI=1S/CHNO.Ba.HI/c2-1-3;;/h3H;;1H/q;+2;/p-2. The SMILES string of the molecule is N#C[O-].[Ba+2].[I-]. The van der Waals surface area contributed by atoms with E-state index in [2.05, 4.69) is 0 Å². The van der Waals surface area contributed by atoms with E-state index in [0.29, 0.717) is 6.26 Å². The number of nitrogens with zero attached hydrogens (tertiary/aromatic N) is 1. The number of nitriles is 1.